The van der Waals surface area contributed by atoms with Gasteiger partial charge in [0, 0.05) is 20.6 Å². The van der Waals surface area contributed by atoms with Crippen LogP contribution in [0.3, 0.4) is 0 Å². The third kappa shape index (κ3) is 4.11. The van der Waals surface area contributed by atoms with Crippen LogP contribution in [0.4, 0.5) is 5.69 Å². The number of halogens is 1. The second-order valence-corrected chi connectivity index (χ2v) is 11.2. The van der Waals surface area contributed by atoms with E-state index in [1.54, 1.807) is 32.3 Å². The van der Waals surface area contributed by atoms with Crippen LogP contribution in [0.1, 0.15) is 22.3 Å². The number of aromatic nitrogens is 2. The van der Waals surface area contributed by atoms with E-state index < -0.39 is 27.2 Å². The first-order chi connectivity index (χ1) is 17.6. The van der Waals surface area contributed by atoms with Crippen LogP contribution < -0.4 is 15.6 Å². The molecular formula is C26H23ClN4O5S. The number of aryl methyl sites for hydroxylation is 1. The number of sulfonamides is 1. The second kappa shape index (κ2) is 9.20. The highest BCUT2D eigenvalue weighted by Crippen LogP contribution is 2.33. The number of nitrogens with zero attached hydrogens (tertiary/aromatic N) is 3. The molecule has 5 rings (SSSR count). The topological polar surface area (TPSA) is 113 Å². The minimum absolute atomic E-state index is 0.00126. The zero-order chi connectivity index (χ0) is 26.5. The number of carbonyl (C=O) groups is 1. The van der Waals surface area contributed by atoms with Crippen molar-refractivity contribution in [2.45, 2.75) is 17.7 Å². The molecule has 0 unspecified atom stereocenters. The number of hydrogen-bond donors (Lipinski definition) is 1. The maximum Gasteiger partial charge on any atom is 0.333 e. The number of nitrogens with one attached hydrogen (secondary N) is 1. The Kier molecular flexibility index (Phi) is 6.17. The van der Waals surface area contributed by atoms with Crippen LogP contribution in [0.5, 0.6) is 0 Å². The number of carbonyl (C=O) groups excluding carboxylic acids is 1. The van der Waals surface area contributed by atoms with Crippen molar-refractivity contribution in [3.05, 3.63) is 97.7 Å². The van der Waals surface area contributed by atoms with E-state index in [0.717, 1.165) is 16.6 Å². The van der Waals surface area contributed by atoms with Gasteiger partial charge in [-0.1, -0.05) is 35.9 Å². The summed E-state index contributed by atoms with van der Waals surface area (Å²) in [5.41, 5.74) is 0.0972. The Labute approximate surface area is 217 Å². The van der Waals surface area contributed by atoms with Crippen LogP contribution in [-0.4, -0.2) is 49.4 Å². The fourth-order valence-electron chi connectivity index (χ4n) is 4.60. The summed E-state index contributed by atoms with van der Waals surface area (Å²) in [4.78, 5) is 43.2. The van der Waals surface area contributed by atoms with Gasteiger partial charge < -0.3 is 9.88 Å². The molecule has 11 heteroatoms. The molecule has 3 aromatic carbocycles. The van der Waals surface area contributed by atoms with E-state index in [1.165, 1.54) is 39.5 Å². The average Bonchev–Trinajstić information content (AvgIpc) is 2.88. The van der Waals surface area contributed by atoms with E-state index in [2.05, 4.69) is 4.98 Å². The van der Waals surface area contributed by atoms with Gasteiger partial charge in [-0.3, -0.25) is 13.9 Å². The quantitative estimate of drug-likeness (QED) is 0.429. The summed E-state index contributed by atoms with van der Waals surface area (Å²) in [6.45, 7) is 0.295. The summed E-state index contributed by atoms with van der Waals surface area (Å²) in [7, 11) is -0.936. The molecule has 9 nitrogen and oxygen atoms in total. The number of amides is 1. The Morgan fingerprint density at radius 3 is 2.51 bits per heavy atom. The molecular weight excluding hydrogens is 516 g/mol. The number of rotatable bonds is 4. The number of aromatic amines is 1. The molecule has 1 aliphatic rings. The van der Waals surface area contributed by atoms with Crippen molar-refractivity contribution in [2.24, 2.45) is 0 Å². The summed E-state index contributed by atoms with van der Waals surface area (Å²) >= 11 is 6.40. The molecule has 1 N–H and O–H groups in total. The molecule has 190 valence electrons. The van der Waals surface area contributed by atoms with Gasteiger partial charge in [-0.15, -0.1) is 0 Å². The normalized spacial score (nSPS) is 13.4. The number of anilines is 1. The molecule has 0 saturated carbocycles. The fraction of sp³-hybridized carbons (Fsp3) is 0.192. The highest BCUT2D eigenvalue weighted by molar-refractivity contribution is 7.92. The fourth-order valence-corrected chi connectivity index (χ4v) is 6.36. The predicted molar refractivity (Wildman–Crippen MR) is 142 cm³/mol. The molecule has 0 spiro atoms. The first-order valence-corrected chi connectivity index (χ1v) is 13.3. The van der Waals surface area contributed by atoms with Gasteiger partial charge in [-0.2, -0.15) is 0 Å². The van der Waals surface area contributed by atoms with Crippen LogP contribution in [0, 0.1) is 0 Å². The summed E-state index contributed by atoms with van der Waals surface area (Å²) < 4.78 is 29.5. The van der Waals surface area contributed by atoms with Gasteiger partial charge in [-0.25, -0.2) is 17.8 Å². The summed E-state index contributed by atoms with van der Waals surface area (Å²) in [6, 6.07) is 15.8. The lowest BCUT2D eigenvalue weighted by atomic mass is 10.0. The van der Waals surface area contributed by atoms with Crippen molar-refractivity contribution in [1.29, 1.82) is 0 Å². The zero-order valence-electron chi connectivity index (χ0n) is 20.1. The number of H-pyrrole nitrogens is 1. The van der Waals surface area contributed by atoms with Crippen molar-refractivity contribution in [3.8, 4) is 5.69 Å². The number of hydrogen-bond acceptors (Lipinski definition) is 5. The second-order valence-electron chi connectivity index (χ2n) is 8.92. The maximum atomic E-state index is 13.7. The van der Waals surface area contributed by atoms with Gasteiger partial charge in [0.2, 0.25) is 0 Å². The SMILES string of the molecule is CN(C)C(=O)c1cccc2[nH]c(=O)n(-c3cc(S(=O)(=O)N4CCCc5ccccc54)ccc3Cl)c(=O)c12. The van der Waals surface area contributed by atoms with Crippen molar-refractivity contribution in [3.63, 3.8) is 0 Å². The Morgan fingerprint density at radius 2 is 1.76 bits per heavy atom. The highest BCUT2D eigenvalue weighted by atomic mass is 35.5. The van der Waals surface area contributed by atoms with Gasteiger partial charge in [0.1, 0.15) is 0 Å². The van der Waals surface area contributed by atoms with Crippen molar-refractivity contribution < 1.29 is 13.2 Å². The van der Waals surface area contributed by atoms with E-state index >= 15 is 0 Å². The summed E-state index contributed by atoms with van der Waals surface area (Å²) in [6.07, 6.45) is 1.42. The number of benzene rings is 3. The first kappa shape index (κ1) is 24.8. The van der Waals surface area contributed by atoms with Crippen molar-refractivity contribution in [1.82, 2.24) is 14.5 Å². The Hall–Kier alpha value is -3.89. The Morgan fingerprint density at radius 1 is 1.00 bits per heavy atom. The molecule has 2 heterocycles. The molecule has 1 aromatic heterocycles. The van der Waals surface area contributed by atoms with Crippen LogP contribution in [-0.2, 0) is 16.4 Å². The molecule has 0 saturated heterocycles. The minimum atomic E-state index is -4.04. The van der Waals surface area contributed by atoms with Gasteiger partial charge in [0.25, 0.3) is 21.5 Å². The first-order valence-electron chi connectivity index (χ1n) is 11.5. The van der Waals surface area contributed by atoms with E-state index in [9.17, 15) is 22.8 Å². The van der Waals surface area contributed by atoms with Gasteiger partial charge in [0.15, 0.2) is 0 Å². The third-order valence-corrected chi connectivity index (χ3v) is 8.51. The summed E-state index contributed by atoms with van der Waals surface area (Å²) in [5.74, 6) is -0.424. The molecule has 0 radical (unpaired) electrons. The van der Waals surface area contributed by atoms with E-state index in [1.807, 2.05) is 12.1 Å². The van der Waals surface area contributed by atoms with E-state index in [-0.39, 0.29) is 32.1 Å². The van der Waals surface area contributed by atoms with E-state index in [4.69, 9.17) is 11.6 Å². The molecule has 0 aliphatic carbocycles. The van der Waals surface area contributed by atoms with Crippen LogP contribution in [0.15, 0.2) is 75.1 Å². The molecule has 0 fully saturated rings. The molecule has 1 aliphatic heterocycles. The smallest absolute Gasteiger partial charge is 0.333 e. The monoisotopic (exact) mass is 538 g/mol. The van der Waals surface area contributed by atoms with Gasteiger partial charge in [-0.05, 0) is 54.8 Å². The van der Waals surface area contributed by atoms with Crippen LogP contribution in [0.25, 0.3) is 16.6 Å². The lowest BCUT2D eigenvalue weighted by molar-refractivity contribution is 0.0829. The molecule has 0 atom stereocenters. The van der Waals surface area contributed by atoms with Crippen molar-refractivity contribution >= 4 is 44.1 Å². The van der Waals surface area contributed by atoms with Crippen LogP contribution in [0.2, 0.25) is 5.02 Å². The summed E-state index contributed by atoms with van der Waals surface area (Å²) in [5, 5.41) is -0.00329. The van der Waals surface area contributed by atoms with Gasteiger partial charge >= 0.3 is 5.69 Å². The van der Waals surface area contributed by atoms with Gasteiger partial charge in [0.05, 0.1) is 37.8 Å². The number of para-hydroxylation sites is 1. The Balaban J connectivity index is 1.71. The highest BCUT2D eigenvalue weighted by Gasteiger charge is 2.30. The molecule has 1 amide bonds. The Bertz CT molecular complexity index is 1790. The molecule has 37 heavy (non-hydrogen) atoms. The van der Waals surface area contributed by atoms with Crippen molar-refractivity contribution in [2.75, 3.05) is 24.9 Å². The lowest BCUT2D eigenvalue weighted by Crippen LogP contribution is -2.37. The third-order valence-electron chi connectivity index (χ3n) is 6.38. The zero-order valence-corrected chi connectivity index (χ0v) is 21.6. The largest absolute Gasteiger partial charge is 0.345 e. The maximum absolute atomic E-state index is 13.7. The minimum Gasteiger partial charge on any atom is -0.345 e. The predicted octanol–water partition coefficient (Wildman–Crippen LogP) is 3.18. The average molecular weight is 539 g/mol. The van der Waals surface area contributed by atoms with Crippen LogP contribution >= 0.6 is 11.6 Å². The van der Waals surface area contributed by atoms with E-state index in [0.29, 0.717) is 18.7 Å². The lowest BCUT2D eigenvalue weighted by Gasteiger charge is -2.30. The standard InChI is InChI=1S/C26H23ClN4O5S/c1-29(2)24(32)18-9-5-10-20-23(18)25(33)31(26(34)28-20)22-15-17(12-13-19(22)27)37(35,36)30-14-6-8-16-7-3-4-11-21(16)30/h3-5,7,9-13,15H,6,8,14H2,1-2H3,(H,28,34). The number of fused-ring (bicyclic) bond motifs is 2. The molecule has 0 bridgehead atoms. The molecule has 4 aromatic rings.